The molecule has 0 radical (unpaired) electrons. The molecule has 1 aliphatic rings. The Kier molecular flexibility index (Phi) is 4.19. The van der Waals surface area contributed by atoms with Crippen LogP contribution in [0.4, 0.5) is 5.82 Å². The first-order valence-corrected chi connectivity index (χ1v) is 7.41. The quantitative estimate of drug-likeness (QED) is 0.911. The number of aryl methyl sites for hydroxylation is 2. The summed E-state index contributed by atoms with van der Waals surface area (Å²) in [7, 11) is 2.07. The fraction of sp³-hybridized carbons (Fsp3) is 0.800. The van der Waals surface area contributed by atoms with Gasteiger partial charge < -0.3 is 10.2 Å². The number of nitrogens with zero attached hydrogens (tertiary/aromatic N) is 3. The molecular weight excluding hydrogens is 236 g/mol. The summed E-state index contributed by atoms with van der Waals surface area (Å²) in [6, 6.07) is 0. The molecule has 1 aromatic heterocycles. The molecule has 1 saturated heterocycles. The van der Waals surface area contributed by atoms with E-state index in [2.05, 4.69) is 54.7 Å². The van der Waals surface area contributed by atoms with E-state index in [9.17, 15) is 0 Å². The van der Waals surface area contributed by atoms with Gasteiger partial charge in [-0.3, -0.25) is 4.68 Å². The number of hydrogen-bond acceptors (Lipinski definition) is 3. The Bertz CT molecular complexity index is 422. The summed E-state index contributed by atoms with van der Waals surface area (Å²) >= 11 is 0. The zero-order valence-corrected chi connectivity index (χ0v) is 13.1. The van der Waals surface area contributed by atoms with Gasteiger partial charge in [0.25, 0.3) is 0 Å². The van der Waals surface area contributed by atoms with Crippen LogP contribution in [0.5, 0.6) is 0 Å². The van der Waals surface area contributed by atoms with E-state index >= 15 is 0 Å². The maximum absolute atomic E-state index is 4.62. The topological polar surface area (TPSA) is 33.1 Å². The second kappa shape index (κ2) is 5.53. The molecule has 2 heterocycles. The van der Waals surface area contributed by atoms with E-state index < -0.39 is 0 Å². The van der Waals surface area contributed by atoms with Gasteiger partial charge in [-0.1, -0.05) is 0 Å². The second-order valence-electron chi connectivity index (χ2n) is 6.66. The van der Waals surface area contributed by atoms with Crippen LogP contribution in [-0.2, 0) is 13.6 Å². The van der Waals surface area contributed by atoms with E-state index in [1.54, 1.807) is 0 Å². The van der Waals surface area contributed by atoms with Crippen LogP contribution in [0.1, 0.15) is 51.3 Å². The Balaban J connectivity index is 2.21. The van der Waals surface area contributed by atoms with E-state index in [1.165, 1.54) is 43.7 Å². The van der Waals surface area contributed by atoms with Crippen molar-refractivity contribution in [3.05, 3.63) is 11.3 Å². The molecule has 4 heteroatoms. The van der Waals surface area contributed by atoms with Gasteiger partial charge in [0.05, 0.1) is 5.69 Å². The van der Waals surface area contributed by atoms with Crippen LogP contribution < -0.4 is 10.2 Å². The van der Waals surface area contributed by atoms with E-state index in [1.807, 2.05) is 0 Å². The SMILES string of the molecule is Cc1nn(C)c(N2CCCCC2)c1CNC(C)(C)C. The third-order valence-electron chi connectivity index (χ3n) is 3.76. The highest BCUT2D eigenvalue weighted by Gasteiger charge is 2.22. The summed E-state index contributed by atoms with van der Waals surface area (Å²) < 4.78 is 2.06. The fourth-order valence-corrected chi connectivity index (χ4v) is 2.75. The van der Waals surface area contributed by atoms with Crippen LogP contribution in [0.2, 0.25) is 0 Å². The van der Waals surface area contributed by atoms with Crippen LogP contribution in [-0.4, -0.2) is 28.4 Å². The first kappa shape index (κ1) is 14.4. The smallest absolute Gasteiger partial charge is 0.131 e. The number of piperidine rings is 1. The number of nitrogens with one attached hydrogen (secondary N) is 1. The van der Waals surface area contributed by atoms with Crippen molar-refractivity contribution < 1.29 is 0 Å². The molecule has 19 heavy (non-hydrogen) atoms. The van der Waals surface area contributed by atoms with Crippen molar-refractivity contribution in [2.45, 2.75) is 59.0 Å². The van der Waals surface area contributed by atoms with E-state index in [4.69, 9.17) is 0 Å². The minimum absolute atomic E-state index is 0.140. The molecule has 0 saturated carbocycles. The molecule has 0 aromatic carbocycles. The van der Waals surface area contributed by atoms with Crippen molar-refractivity contribution in [3.63, 3.8) is 0 Å². The summed E-state index contributed by atoms with van der Waals surface area (Å²) in [5, 5.41) is 8.21. The lowest BCUT2D eigenvalue weighted by Crippen LogP contribution is -2.36. The molecule has 108 valence electrons. The van der Waals surface area contributed by atoms with Gasteiger partial charge >= 0.3 is 0 Å². The van der Waals surface area contributed by atoms with Gasteiger partial charge in [-0.15, -0.1) is 0 Å². The lowest BCUT2D eigenvalue weighted by molar-refractivity contribution is 0.423. The molecule has 0 amide bonds. The molecule has 1 N–H and O–H groups in total. The number of anilines is 1. The molecule has 1 aliphatic heterocycles. The normalized spacial score (nSPS) is 17.0. The Labute approximate surface area is 117 Å². The van der Waals surface area contributed by atoms with Gasteiger partial charge in [0, 0.05) is 37.8 Å². The van der Waals surface area contributed by atoms with Gasteiger partial charge in [-0.05, 0) is 47.0 Å². The average molecular weight is 264 g/mol. The molecule has 4 nitrogen and oxygen atoms in total. The third kappa shape index (κ3) is 3.50. The Hall–Kier alpha value is -1.03. The van der Waals surface area contributed by atoms with Gasteiger partial charge in [-0.2, -0.15) is 5.10 Å². The average Bonchev–Trinajstić information content (AvgIpc) is 2.61. The molecule has 0 bridgehead atoms. The molecular formula is C15H28N4. The maximum atomic E-state index is 4.62. The highest BCUT2D eigenvalue weighted by molar-refractivity contribution is 5.50. The van der Waals surface area contributed by atoms with E-state index in [0.717, 1.165) is 12.2 Å². The van der Waals surface area contributed by atoms with Crippen molar-refractivity contribution >= 4 is 5.82 Å². The van der Waals surface area contributed by atoms with E-state index in [0.29, 0.717) is 0 Å². The minimum Gasteiger partial charge on any atom is -0.357 e. The zero-order valence-electron chi connectivity index (χ0n) is 13.1. The predicted octanol–water partition coefficient (Wildman–Crippen LogP) is 2.61. The van der Waals surface area contributed by atoms with Crippen molar-refractivity contribution in [2.24, 2.45) is 7.05 Å². The molecule has 1 aromatic rings. The Morgan fingerprint density at radius 3 is 2.37 bits per heavy atom. The highest BCUT2D eigenvalue weighted by atomic mass is 15.4. The lowest BCUT2D eigenvalue weighted by atomic mass is 10.1. The summed E-state index contributed by atoms with van der Waals surface area (Å²) in [6.07, 6.45) is 3.97. The Morgan fingerprint density at radius 2 is 1.79 bits per heavy atom. The first-order valence-electron chi connectivity index (χ1n) is 7.41. The van der Waals surface area contributed by atoms with Crippen LogP contribution in [0.25, 0.3) is 0 Å². The second-order valence-corrected chi connectivity index (χ2v) is 6.66. The van der Waals surface area contributed by atoms with E-state index in [-0.39, 0.29) is 5.54 Å². The van der Waals surface area contributed by atoms with Crippen LogP contribution in [0, 0.1) is 6.92 Å². The fourth-order valence-electron chi connectivity index (χ4n) is 2.75. The lowest BCUT2D eigenvalue weighted by Gasteiger charge is -2.30. The summed E-state index contributed by atoms with van der Waals surface area (Å²) in [4.78, 5) is 2.50. The maximum Gasteiger partial charge on any atom is 0.131 e. The van der Waals surface area contributed by atoms with Crippen molar-refractivity contribution in [1.29, 1.82) is 0 Å². The summed E-state index contributed by atoms with van der Waals surface area (Å²) in [5.41, 5.74) is 2.65. The summed E-state index contributed by atoms with van der Waals surface area (Å²) in [5.74, 6) is 1.31. The van der Waals surface area contributed by atoms with Crippen LogP contribution >= 0.6 is 0 Å². The molecule has 0 unspecified atom stereocenters. The molecule has 2 rings (SSSR count). The molecule has 1 fully saturated rings. The summed E-state index contributed by atoms with van der Waals surface area (Å²) in [6.45, 7) is 12.0. The first-order chi connectivity index (χ1) is 8.88. The standard InChI is InChI=1S/C15H28N4/c1-12-13(11-16-15(2,3)4)14(18(5)17-12)19-9-7-6-8-10-19/h16H,6-11H2,1-5H3. The van der Waals surface area contributed by atoms with Crippen molar-refractivity contribution in [3.8, 4) is 0 Å². The van der Waals surface area contributed by atoms with Gasteiger partial charge in [0.1, 0.15) is 5.82 Å². The third-order valence-corrected chi connectivity index (χ3v) is 3.76. The van der Waals surface area contributed by atoms with Gasteiger partial charge in [0.2, 0.25) is 0 Å². The van der Waals surface area contributed by atoms with Crippen LogP contribution in [0.15, 0.2) is 0 Å². The number of hydrogen-bond donors (Lipinski definition) is 1. The molecule has 0 atom stereocenters. The number of aromatic nitrogens is 2. The molecule has 0 aliphatic carbocycles. The highest BCUT2D eigenvalue weighted by Crippen LogP contribution is 2.26. The minimum atomic E-state index is 0.140. The van der Waals surface area contributed by atoms with Crippen LogP contribution in [0.3, 0.4) is 0 Å². The van der Waals surface area contributed by atoms with Gasteiger partial charge in [-0.25, -0.2) is 0 Å². The molecule has 0 spiro atoms. The largest absolute Gasteiger partial charge is 0.357 e. The number of rotatable bonds is 3. The predicted molar refractivity (Wildman–Crippen MR) is 80.6 cm³/mol. The zero-order chi connectivity index (χ0) is 14.0. The van der Waals surface area contributed by atoms with Gasteiger partial charge in [0.15, 0.2) is 0 Å². The monoisotopic (exact) mass is 264 g/mol. The van der Waals surface area contributed by atoms with Crippen molar-refractivity contribution in [2.75, 3.05) is 18.0 Å². The van der Waals surface area contributed by atoms with Crippen molar-refractivity contribution in [1.82, 2.24) is 15.1 Å². The Morgan fingerprint density at radius 1 is 1.16 bits per heavy atom.